The van der Waals surface area contributed by atoms with E-state index in [9.17, 15) is 8.42 Å². The van der Waals surface area contributed by atoms with Gasteiger partial charge in [-0.2, -0.15) is 4.31 Å². The molecule has 0 spiro atoms. The Morgan fingerprint density at radius 3 is 2.86 bits per heavy atom. The molecule has 5 nitrogen and oxygen atoms in total. The second kappa shape index (κ2) is 5.60. The van der Waals surface area contributed by atoms with Crippen molar-refractivity contribution in [2.24, 2.45) is 11.3 Å². The molecule has 2 fully saturated rings. The Balaban J connectivity index is 1.88. The molecule has 0 unspecified atom stereocenters. The summed E-state index contributed by atoms with van der Waals surface area (Å²) in [5.74, 6) is 0.287. The molecule has 0 aromatic heterocycles. The van der Waals surface area contributed by atoms with Crippen molar-refractivity contribution in [1.82, 2.24) is 9.21 Å². The molecule has 2 aliphatic heterocycles. The van der Waals surface area contributed by atoms with Crippen molar-refractivity contribution < 1.29 is 13.2 Å². The second-order valence-electron chi connectivity index (χ2n) is 6.93. The van der Waals surface area contributed by atoms with E-state index in [0.29, 0.717) is 31.2 Å². The molecule has 0 amide bonds. The molecule has 122 valence electrons. The molecule has 2 heterocycles. The normalized spacial score (nSPS) is 29.2. The van der Waals surface area contributed by atoms with E-state index in [2.05, 4.69) is 4.90 Å². The van der Waals surface area contributed by atoms with Crippen LogP contribution in [0.2, 0.25) is 0 Å². The smallest absolute Gasteiger partial charge is 0.243 e. The Morgan fingerprint density at radius 1 is 1.41 bits per heavy atom. The van der Waals surface area contributed by atoms with Gasteiger partial charge >= 0.3 is 0 Å². The molecule has 0 aliphatic carbocycles. The minimum Gasteiger partial charge on any atom is -0.380 e. The largest absolute Gasteiger partial charge is 0.380 e. The van der Waals surface area contributed by atoms with Crippen LogP contribution in [0.3, 0.4) is 0 Å². The van der Waals surface area contributed by atoms with Crippen LogP contribution in [0.5, 0.6) is 0 Å². The van der Waals surface area contributed by atoms with E-state index in [1.807, 2.05) is 27.1 Å². The predicted molar refractivity (Wildman–Crippen MR) is 85.2 cm³/mol. The lowest BCUT2D eigenvalue weighted by molar-refractivity contribution is 0.124. The summed E-state index contributed by atoms with van der Waals surface area (Å²) in [7, 11) is 0.641. The standard InChI is InChI=1S/C16H24N2O3S/c1-13-5-4-6-15(7-13)22(19,20)18-8-14-9-21-12-16(14,11-18)10-17(2)3/h4-7,14H,8-12H2,1-3H3/t14-,16-/m1/s1. The van der Waals surface area contributed by atoms with Gasteiger partial charge in [0.25, 0.3) is 0 Å². The highest BCUT2D eigenvalue weighted by molar-refractivity contribution is 7.89. The highest BCUT2D eigenvalue weighted by Crippen LogP contribution is 2.43. The van der Waals surface area contributed by atoms with Gasteiger partial charge in [-0.25, -0.2) is 8.42 Å². The van der Waals surface area contributed by atoms with Gasteiger partial charge in [0.05, 0.1) is 18.1 Å². The minimum absolute atomic E-state index is 0.0691. The number of benzene rings is 1. The number of ether oxygens (including phenoxy) is 1. The maximum atomic E-state index is 12.9. The average Bonchev–Trinajstić information content (AvgIpc) is 2.94. The Bertz CT molecular complexity index is 659. The van der Waals surface area contributed by atoms with Gasteiger partial charge in [0, 0.05) is 31.0 Å². The van der Waals surface area contributed by atoms with E-state index in [-0.39, 0.29) is 11.3 Å². The van der Waals surface area contributed by atoms with Gasteiger partial charge in [0.1, 0.15) is 0 Å². The number of sulfonamides is 1. The Hall–Kier alpha value is -0.950. The third-order valence-electron chi connectivity index (χ3n) is 4.75. The van der Waals surface area contributed by atoms with E-state index in [0.717, 1.165) is 12.1 Å². The van der Waals surface area contributed by atoms with Gasteiger partial charge in [-0.05, 0) is 38.7 Å². The van der Waals surface area contributed by atoms with Gasteiger partial charge in [0.15, 0.2) is 0 Å². The second-order valence-corrected chi connectivity index (χ2v) is 8.86. The van der Waals surface area contributed by atoms with Crippen LogP contribution in [0.1, 0.15) is 5.56 Å². The molecule has 2 atom stereocenters. The van der Waals surface area contributed by atoms with Crippen molar-refractivity contribution in [2.45, 2.75) is 11.8 Å². The van der Waals surface area contributed by atoms with Gasteiger partial charge in [-0.1, -0.05) is 12.1 Å². The topological polar surface area (TPSA) is 49.9 Å². The number of fused-ring (bicyclic) bond motifs is 1. The van der Waals surface area contributed by atoms with E-state index < -0.39 is 10.0 Å². The van der Waals surface area contributed by atoms with Crippen molar-refractivity contribution in [3.05, 3.63) is 29.8 Å². The van der Waals surface area contributed by atoms with Crippen molar-refractivity contribution in [3.63, 3.8) is 0 Å². The monoisotopic (exact) mass is 324 g/mol. The van der Waals surface area contributed by atoms with Crippen LogP contribution < -0.4 is 0 Å². The van der Waals surface area contributed by atoms with Crippen molar-refractivity contribution in [2.75, 3.05) is 46.9 Å². The minimum atomic E-state index is -3.42. The summed E-state index contributed by atoms with van der Waals surface area (Å²) < 4.78 is 33.1. The summed E-state index contributed by atoms with van der Waals surface area (Å²) in [6.07, 6.45) is 0. The zero-order valence-electron chi connectivity index (χ0n) is 13.4. The predicted octanol–water partition coefficient (Wildman–Crippen LogP) is 1.19. The summed E-state index contributed by atoms with van der Waals surface area (Å²) in [4.78, 5) is 2.53. The third-order valence-corrected chi connectivity index (χ3v) is 6.56. The Morgan fingerprint density at radius 2 is 2.18 bits per heavy atom. The Kier molecular flexibility index (Phi) is 4.05. The molecule has 1 aromatic carbocycles. The molecule has 0 radical (unpaired) electrons. The maximum absolute atomic E-state index is 12.9. The molecule has 2 aliphatic rings. The molecule has 1 aromatic rings. The highest BCUT2D eigenvalue weighted by Gasteiger charge is 2.53. The summed E-state index contributed by atoms with van der Waals surface area (Å²) in [6, 6.07) is 7.15. The lowest BCUT2D eigenvalue weighted by atomic mass is 9.81. The van der Waals surface area contributed by atoms with Crippen LogP contribution in [-0.4, -0.2) is 64.6 Å². The van der Waals surface area contributed by atoms with E-state index in [4.69, 9.17) is 4.74 Å². The summed E-state index contributed by atoms with van der Waals surface area (Å²) in [5.41, 5.74) is 0.896. The van der Waals surface area contributed by atoms with Crippen LogP contribution in [0.25, 0.3) is 0 Å². The Labute approximate surface area is 132 Å². The highest BCUT2D eigenvalue weighted by atomic mass is 32.2. The van der Waals surface area contributed by atoms with E-state index in [1.165, 1.54) is 0 Å². The average molecular weight is 324 g/mol. The molecule has 2 saturated heterocycles. The zero-order valence-corrected chi connectivity index (χ0v) is 14.3. The van der Waals surface area contributed by atoms with Gasteiger partial charge in [-0.3, -0.25) is 0 Å². The first-order valence-electron chi connectivity index (χ1n) is 7.63. The molecule has 22 heavy (non-hydrogen) atoms. The SMILES string of the molecule is Cc1cccc(S(=O)(=O)N2C[C@@H]3COC[C@@]3(CN(C)C)C2)c1. The van der Waals surface area contributed by atoms with Crippen LogP contribution in [0.15, 0.2) is 29.2 Å². The molecule has 3 rings (SSSR count). The molecule has 0 saturated carbocycles. The number of nitrogens with zero attached hydrogens (tertiary/aromatic N) is 2. The third kappa shape index (κ3) is 2.69. The molecular formula is C16H24N2O3S. The lowest BCUT2D eigenvalue weighted by Gasteiger charge is -2.30. The van der Waals surface area contributed by atoms with Gasteiger partial charge in [0.2, 0.25) is 10.0 Å². The van der Waals surface area contributed by atoms with Gasteiger partial charge in [-0.15, -0.1) is 0 Å². The van der Waals surface area contributed by atoms with Crippen molar-refractivity contribution in [1.29, 1.82) is 0 Å². The number of rotatable bonds is 4. The first-order chi connectivity index (χ1) is 10.3. The van der Waals surface area contributed by atoms with Crippen LogP contribution in [0, 0.1) is 18.3 Å². The first kappa shape index (κ1) is 15.9. The summed E-state index contributed by atoms with van der Waals surface area (Å²) in [5, 5.41) is 0. The zero-order chi connectivity index (χ0) is 16.0. The maximum Gasteiger partial charge on any atom is 0.243 e. The summed E-state index contributed by atoms with van der Waals surface area (Å²) in [6.45, 7) is 5.19. The number of hydrogen-bond donors (Lipinski definition) is 0. The summed E-state index contributed by atoms with van der Waals surface area (Å²) >= 11 is 0. The molecule has 6 heteroatoms. The molecule has 0 bridgehead atoms. The fourth-order valence-electron chi connectivity index (χ4n) is 3.74. The molecular weight excluding hydrogens is 300 g/mol. The van der Waals surface area contributed by atoms with Crippen molar-refractivity contribution >= 4 is 10.0 Å². The lowest BCUT2D eigenvalue weighted by Crippen LogP contribution is -2.41. The molecule has 0 N–H and O–H groups in total. The quantitative estimate of drug-likeness (QED) is 0.835. The first-order valence-corrected chi connectivity index (χ1v) is 9.07. The number of aryl methyl sites for hydroxylation is 1. The van der Waals surface area contributed by atoms with E-state index in [1.54, 1.807) is 22.5 Å². The van der Waals surface area contributed by atoms with Crippen LogP contribution >= 0.6 is 0 Å². The van der Waals surface area contributed by atoms with Crippen LogP contribution in [-0.2, 0) is 14.8 Å². The fourth-order valence-corrected chi connectivity index (χ4v) is 5.43. The fraction of sp³-hybridized carbons (Fsp3) is 0.625. The van der Waals surface area contributed by atoms with Gasteiger partial charge < -0.3 is 9.64 Å². The van der Waals surface area contributed by atoms with Crippen molar-refractivity contribution in [3.8, 4) is 0 Å². The number of hydrogen-bond acceptors (Lipinski definition) is 4. The van der Waals surface area contributed by atoms with Crippen LogP contribution in [0.4, 0.5) is 0 Å². The van der Waals surface area contributed by atoms with E-state index >= 15 is 0 Å².